The number of nitrogens with zero attached hydrogens (tertiary/aromatic N) is 1. The van der Waals surface area contributed by atoms with E-state index in [-0.39, 0.29) is 0 Å². The topological polar surface area (TPSA) is 29.3 Å². The van der Waals surface area contributed by atoms with Gasteiger partial charge in [0.25, 0.3) is 0 Å². The summed E-state index contributed by atoms with van der Waals surface area (Å²) in [6, 6.07) is 10.3. The van der Waals surface area contributed by atoms with Crippen LogP contribution in [-0.2, 0) is 0 Å². The molecule has 1 aromatic carbocycles. The molecule has 1 aromatic rings. The van der Waals surface area contributed by atoms with Gasteiger partial charge in [0.2, 0.25) is 0 Å². The molecule has 1 heterocycles. The molecular formula is C12H14N2. The Balaban J connectivity index is 2.11. The molecule has 0 saturated carbocycles. The van der Waals surface area contributed by atoms with E-state index in [2.05, 4.69) is 35.4 Å². The normalized spacial score (nSPS) is 15.5. The molecule has 0 fully saturated rings. The van der Waals surface area contributed by atoms with Gasteiger partial charge in [-0.25, -0.2) is 0 Å². The average molecular weight is 186 g/mol. The third-order valence-corrected chi connectivity index (χ3v) is 2.34. The molecular weight excluding hydrogens is 172 g/mol. The lowest BCUT2D eigenvalue weighted by Gasteiger charge is -2.22. The number of para-hydroxylation sites is 1. The van der Waals surface area contributed by atoms with Crippen LogP contribution >= 0.6 is 0 Å². The van der Waals surface area contributed by atoms with Crippen LogP contribution in [0.3, 0.4) is 0 Å². The van der Waals surface area contributed by atoms with Crippen LogP contribution in [0.1, 0.15) is 0 Å². The second-order valence-corrected chi connectivity index (χ2v) is 3.29. The van der Waals surface area contributed by atoms with Crippen LogP contribution in [0.5, 0.6) is 0 Å². The molecule has 14 heavy (non-hydrogen) atoms. The lowest BCUT2D eigenvalue weighted by molar-refractivity contribution is 1.03. The van der Waals surface area contributed by atoms with Crippen LogP contribution in [0.25, 0.3) is 0 Å². The summed E-state index contributed by atoms with van der Waals surface area (Å²) in [5, 5.41) is 0. The molecule has 0 atom stereocenters. The van der Waals surface area contributed by atoms with Gasteiger partial charge in [0.15, 0.2) is 0 Å². The SMILES string of the molecule is NCC1=CCN(c2ccccc2)C=C1. The molecule has 1 aliphatic heterocycles. The van der Waals surface area contributed by atoms with E-state index in [4.69, 9.17) is 5.73 Å². The van der Waals surface area contributed by atoms with Gasteiger partial charge in [0.1, 0.15) is 0 Å². The highest BCUT2D eigenvalue weighted by Crippen LogP contribution is 2.16. The molecule has 0 radical (unpaired) electrons. The third kappa shape index (κ3) is 1.86. The summed E-state index contributed by atoms with van der Waals surface area (Å²) < 4.78 is 0. The molecule has 0 unspecified atom stereocenters. The highest BCUT2D eigenvalue weighted by Gasteiger charge is 2.04. The summed E-state index contributed by atoms with van der Waals surface area (Å²) in [4.78, 5) is 2.19. The lowest BCUT2D eigenvalue weighted by Crippen LogP contribution is -2.20. The molecule has 0 aliphatic carbocycles. The van der Waals surface area contributed by atoms with Crippen molar-refractivity contribution in [1.29, 1.82) is 0 Å². The minimum Gasteiger partial charge on any atom is -0.344 e. The van der Waals surface area contributed by atoms with Crippen molar-refractivity contribution in [3.05, 3.63) is 54.3 Å². The molecule has 0 bridgehead atoms. The van der Waals surface area contributed by atoms with Gasteiger partial charge in [-0.3, -0.25) is 0 Å². The monoisotopic (exact) mass is 186 g/mol. The first-order valence-electron chi connectivity index (χ1n) is 4.79. The highest BCUT2D eigenvalue weighted by atomic mass is 15.1. The quantitative estimate of drug-likeness (QED) is 0.764. The molecule has 0 spiro atoms. The van der Waals surface area contributed by atoms with Crippen LogP contribution in [0, 0.1) is 0 Å². The Hall–Kier alpha value is -1.54. The number of nitrogens with two attached hydrogens (primary N) is 1. The highest BCUT2D eigenvalue weighted by molar-refractivity contribution is 5.52. The first-order chi connectivity index (χ1) is 6.90. The number of anilines is 1. The maximum absolute atomic E-state index is 5.55. The van der Waals surface area contributed by atoms with Gasteiger partial charge in [0.05, 0.1) is 0 Å². The van der Waals surface area contributed by atoms with E-state index in [1.807, 2.05) is 18.2 Å². The van der Waals surface area contributed by atoms with Crippen molar-refractivity contribution in [2.45, 2.75) is 0 Å². The van der Waals surface area contributed by atoms with E-state index in [9.17, 15) is 0 Å². The molecule has 0 aromatic heterocycles. The molecule has 2 N–H and O–H groups in total. The van der Waals surface area contributed by atoms with Gasteiger partial charge < -0.3 is 10.6 Å². The fourth-order valence-corrected chi connectivity index (χ4v) is 1.49. The second-order valence-electron chi connectivity index (χ2n) is 3.29. The van der Waals surface area contributed by atoms with Crippen molar-refractivity contribution in [3.8, 4) is 0 Å². The van der Waals surface area contributed by atoms with Crippen molar-refractivity contribution in [2.75, 3.05) is 18.0 Å². The predicted octanol–water partition coefficient (Wildman–Crippen LogP) is 1.91. The number of benzene rings is 1. The van der Waals surface area contributed by atoms with Gasteiger partial charge in [-0.2, -0.15) is 0 Å². The first-order valence-corrected chi connectivity index (χ1v) is 4.79. The van der Waals surface area contributed by atoms with E-state index in [1.54, 1.807) is 0 Å². The summed E-state index contributed by atoms with van der Waals surface area (Å²) in [7, 11) is 0. The van der Waals surface area contributed by atoms with E-state index in [0.717, 1.165) is 6.54 Å². The van der Waals surface area contributed by atoms with Crippen molar-refractivity contribution >= 4 is 5.69 Å². The van der Waals surface area contributed by atoms with Crippen LogP contribution in [0.4, 0.5) is 5.69 Å². The van der Waals surface area contributed by atoms with Gasteiger partial charge in [-0.1, -0.05) is 24.3 Å². The summed E-state index contributed by atoms with van der Waals surface area (Å²) in [5.41, 5.74) is 7.97. The fraction of sp³-hybridized carbons (Fsp3) is 0.167. The van der Waals surface area contributed by atoms with Crippen molar-refractivity contribution in [3.63, 3.8) is 0 Å². The predicted molar refractivity (Wildman–Crippen MR) is 60.1 cm³/mol. The summed E-state index contributed by atoms with van der Waals surface area (Å²) in [6.07, 6.45) is 6.31. The maximum atomic E-state index is 5.55. The van der Waals surface area contributed by atoms with Crippen LogP contribution in [-0.4, -0.2) is 13.1 Å². The molecule has 0 amide bonds. The molecule has 72 valence electrons. The Morgan fingerprint density at radius 2 is 2.00 bits per heavy atom. The van der Waals surface area contributed by atoms with Crippen LogP contribution < -0.4 is 10.6 Å². The van der Waals surface area contributed by atoms with Crippen LogP contribution in [0.15, 0.2) is 54.3 Å². The smallest absolute Gasteiger partial charge is 0.0412 e. The largest absolute Gasteiger partial charge is 0.344 e. The second kappa shape index (κ2) is 4.11. The Kier molecular flexibility index (Phi) is 2.65. The number of hydrogen-bond acceptors (Lipinski definition) is 2. The van der Waals surface area contributed by atoms with E-state index >= 15 is 0 Å². The summed E-state index contributed by atoms with van der Waals surface area (Å²) in [6.45, 7) is 1.53. The first kappa shape index (κ1) is 9.03. The standard InChI is InChI=1S/C12H14N2/c13-10-11-6-8-14(9-7-11)12-4-2-1-3-5-12/h1-8H,9-10,13H2. The Labute approximate surface area is 84.3 Å². The van der Waals surface area contributed by atoms with Gasteiger partial charge in [-0.15, -0.1) is 0 Å². The van der Waals surface area contributed by atoms with Gasteiger partial charge in [-0.05, 0) is 23.8 Å². The lowest BCUT2D eigenvalue weighted by atomic mass is 10.2. The van der Waals surface area contributed by atoms with E-state index < -0.39 is 0 Å². The third-order valence-electron chi connectivity index (χ3n) is 2.34. The van der Waals surface area contributed by atoms with Gasteiger partial charge in [0, 0.05) is 25.0 Å². The zero-order chi connectivity index (χ0) is 9.80. The zero-order valence-corrected chi connectivity index (χ0v) is 8.06. The molecule has 1 aliphatic rings. The van der Waals surface area contributed by atoms with Gasteiger partial charge >= 0.3 is 0 Å². The summed E-state index contributed by atoms with van der Waals surface area (Å²) >= 11 is 0. The number of rotatable bonds is 2. The van der Waals surface area contributed by atoms with Crippen molar-refractivity contribution in [1.82, 2.24) is 0 Å². The van der Waals surface area contributed by atoms with E-state index in [1.165, 1.54) is 11.3 Å². The summed E-state index contributed by atoms with van der Waals surface area (Å²) in [5.74, 6) is 0. The molecule has 2 rings (SSSR count). The van der Waals surface area contributed by atoms with E-state index in [0.29, 0.717) is 6.54 Å². The van der Waals surface area contributed by atoms with Crippen LogP contribution in [0.2, 0.25) is 0 Å². The Bertz CT molecular complexity index is 352. The zero-order valence-electron chi connectivity index (χ0n) is 8.06. The fourth-order valence-electron chi connectivity index (χ4n) is 1.49. The molecule has 0 saturated heterocycles. The maximum Gasteiger partial charge on any atom is 0.0412 e. The minimum absolute atomic E-state index is 0.624. The average Bonchev–Trinajstić information content (AvgIpc) is 2.30. The molecule has 2 nitrogen and oxygen atoms in total. The van der Waals surface area contributed by atoms with Crippen molar-refractivity contribution < 1.29 is 0 Å². The van der Waals surface area contributed by atoms with Crippen molar-refractivity contribution in [2.24, 2.45) is 5.73 Å². The molecule has 2 heteroatoms. The Morgan fingerprint density at radius 1 is 1.21 bits per heavy atom. The Morgan fingerprint density at radius 3 is 2.57 bits per heavy atom. The minimum atomic E-state index is 0.624. The number of hydrogen-bond donors (Lipinski definition) is 1.